The summed E-state index contributed by atoms with van der Waals surface area (Å²) in [5, 5.41) is 4.59. The smallest absolute Gasteiger partial charge is 0.378 e. The molecule has 1 aromatic carbocycles. The molecule has 2 aromatic rings. The zero-order valence-electron chi connectivity index (χ0n) is 11.4. The highest BCUT2D eigenvalue weighted by Crippen LogP contribution is 2.31. The number of benzene rings is 1. The molecule has 0 unspecified atom stereocenters. The van der Waals surface area contributed by atoms with Gasteiger partial charge >= 0.3 is 5.97 Å². The van der Waals surface area contributed by atoms with E-state index in [0.717, 1.165) is 0 Å². The van der Waals surface area contributed by atoms with Crippen LogP contribution in [0.2, 0.25) is 5.02 Å². The number of aryl methyl sites for hydroxylation is 1. The van der Waals surface area contributed by atoms with E-state index in [4.69, 9.17) is 21.1 Å². The minimum absolute atomic E-state index is 0.00591. The molecule has 2 rings (SSSR count). The second kappa shape index (κ2) is 5.92. The van der Waals surface area contributed by atoms with Gasteiger partial charge in [-0.2, -0.15) is 0 Å². The van der Waals surface area contributed by atoms with E-state index in [2.05, 4.69) is 10.1 Å². The van der Waals surface area contributed by atoms with Crippen molar-refractivity contribution in [1.82, 2.24) is 14.8 Å². The van der Waals surface area contributed by atoms with Crippen molar-refractivity contribution in [3.05, 3.63) is 29.0 Å². The van der Waals surface area contributed by atoms with Gasteiger partial charge in [0.25, 0.3) is 5.82 Å². The first-order chi connectivity index (χ1) is 9.56. The molecule has 1 heterocycles. The quantitative estimate of drug-likeness (QED) is 0.810. The van der Waals surface area contributed by atoms with Crippen LogP contribution in [0.25, 0.3) is 11.4 Å². The highest BCUT2D eigenvalue weighted by Gasteiger charge is 2.19. The fourth-order valence-corrected chi connectivity index (χ4v) is 1.93. The van der Waals surface area contributed by atoms with E-state index >= 15 is 0 Å². The molecule has 106 valence electrons. The number of esters is 1. The molecule has 20 heavy (non-hydrogen) atoms. The molecule has 0 N–H and O–H groups in total. The van der Waals surface area contributed by atoms with Gasteiger partial charge in [0.05, 0.1) is 19.3 Å². The number of nitrogens with zero attached hydrogens (tertiary/aromatic N) is 3. The van der Waals surface area contributed by atoms with Gasteiger partial charge in [-0.15, -0.1) is 5.10 Å². The maximum atomic E-state index is 11.6. The second-order valence-corrected chi connectivity index (χ2v) is 4.38. The fraction of sp³-hybridized carbons (Fsp3) is 0.308. The molecule has 0 fully saturated rings. The summed E-state index contributed by atoms with van der Waals surface area (Å²) in [7, 11) is 3.24. The van der Waals surface area contributed by atoms with Crippen molar-refractivity contribution in [2.45, 2.75) is 6.92 Å². The minimum atomic E-state index is -0.560. The highest BCUT2D eigenvalue weighted by atomic mass is 35.5. The van der Waals surface area contributed by atoms with Crippen LogP contribution in [0.5, 0.6) is 5.75 Å². The first-order valence-corrected chi connectivity index (χ1v) is 6.36. The number of hydrogen-bond acceptors (Lipinski definition) is 5. The first-order valence-electron chi connectivity index (χ1n) is 5.99. The summed E-state index contributed by atoms with van der Waals surface area (Å²) in [5.74, 6) is 0.523. The van der Waals surface area contributed by atoms with E-state index in [0.29, 0.717) is 22.2 Å². The Bertz CT molecular complexity index is 640. The number of carbonyl (C=O) groups is 1. The number of methoxy groups -OCH3 is 1. The monoisotopic (exact) mass is 295 g/mol. The summed E-state index contributed by atoms with van der Waals surface area (Å²) >= 11 is 5.99. The van der Waals surface area contributed by atoms with E-state index in [9.17, 15) is 4.79 Å². The first kappa shape index (κ1) is 14.3. The van der Waals surface area contributed by atoms with Gasteiger partial charge < -0.3 is 9.47 Å². The van der Waals surface area contributed by atoms with Crippen molar-refractivity contribution in [3.8, 4) is 17.1 Å². The van der Waals surface area contributed by atoms with Gasteiger partial charge in [0.1, 0.15) is 5.75 Å². The van der Waals surface area contributed by atoms with Crippen molar-refractivity contribution in [1.29, 1.82) is 0 Å². The van der Waals surface area contributed by atoms with Crippen LogP contribution in [0.15, 0.2) is 18.2 Å². The average molecular weight is 296 g/mol. The van der Waals surface area contributed by atoms with Crippen LogP contribution in [-0.2, 0) is 11.8 Å². The van der Waals surface area contributed by atoms with Gasteiger partial charge in [0.15, 0.2) is 5.82 Å². The Morgan fingerprint density at radius 1 is 1.45 bits per heavy atom. The molecule has 0 spiro atoms. The Morgan fingerprint density at radius 3 is 2.85 bits per heavy atom. The van der Waals surface area contributed by atoms with E-state index in [1.165, 1.54) is 4.68 Å². The van der Waals surface area contributed by atoms with Gasteiger partial charge in [0.2, 0.25) is 0 Å². The number of aromatic nitrogens is 3. The maximum Gasteiger partial charge on any atom is 0.378 e. The fourth-order valence-electron chi connectivity index (χ4n) is 1.76. The van der Waals surface area contributed by atoms with Crippen LogP contribution in [0.4, 0.5) is 0 Å². The Balaban J connectivity index is 2.48. The van der Waals surface area contributed by atoms with Crippen LogP contribution in [0, 0.1) is 0 Å². The third kappa shape index (κ3) is 2.75. The van der Waals surface area contributed by atoms with Crippen LogP contribution in [-0.4, -0.2) is 34.5 Å². The zero-order chi connectivity index (χ0) is 14.7. The molecule has 1 aromatic heterocycles. The topological polar surface area (TPSA) is 66.2 Å². The number of hydrogen-bond donors (Lipinski definition) is 0. The summed E-state index contributed by atoms with van der Waals surface area (Å²) in [6.07, 6.45) is 0. The summed E-state index contributed by atoms with van der Waals surface area (Å²) in [5.41, 5.74) is 0.658. The predicted octanol–water partition coefficient (Wildman–Crippen LogP) is 2.32. The van der Waals surface area contributed by atoms with Crippen LogP contribution in [0.3, 0.4) is 0 Å². The third-order valence-electron chi connectivity index (χ3n) is 2.62. The lowest BCUT2D eigenvalue weighted by atomic mass is 10.2. The number of carbonyl (C=O) groups excluding carboxylic acids is 1. The molecule has 0 aliphatic heterocycles. The number of halogens is 1. The molecule has 0 radical (unpaired) electrons. The molecule has 0 saturated carbocycles. The zero-order valence-corrected chi connectivity index (χ0v) is 12.1. The highest BCUT2D eigenvalue weighted by molar-refractivity contribution is 6.30. The second-order valence-electron chi connectivity index (χ2n) is 3.95. The minimum Gasteiger partial charge on any atom is -0.496 e. The van der Waals surface area contributed by atoms with Crippen molar-refractivity contribution in [2.24, 2.45) is 7.05 Å². The molecule has 0 aliphatic rings. The van der Waals surface area contributed by atoms with Gasteiger partial charge in [-0.3, -0.25) is 0 Å². The van der Waals surface area contributed by atoms with Crippen molar-refractivity contribution in [3.63, 3.8) is 0 Å². The Morgan fingerprint density at radius 2 is 2.20 bits per heavy atom. The molecule has 0 bridgehead atoms. The molecule has 6 nitrogen and oxygen atoms in total. The van der Waals surface area contributed by atoms with Crippen LogP contribution in [0.1, 0.15) is 17.5 Å². The predicted molar refractivity (Wildman–Crippen MR) is 74.0 cm³/mol. The summed E-state index contributed by atoms with van der Waals surface area (Å²) < 4.78 is 11.6. The average Bonchev–Trinajstić information content (AvgIpc) is 2.81. The molecular weight excluding hydrogens is 282 g/mol. The lowest BCUT2D eigenvalue weighted by molar-refractivity contribution is 0.0512. The molecule has 7 heteroatoms. The standard InChI is InChI=1S/C13H14ClN3O3/c1-4-20-13(18)11-15-12(17(2)16-11)9-7-8(14)5-6-10(9)19-3/h5-7H,4H2,1-3H3. The normalized spacial score (nSPS) is 10.4. The maximum absolute atomic E-state index is 11.6. The summed E-state index contributed by atoms with van der Waals surface area (Å²) in [6, 6.07) is 5.15. The third-order valence-corrected chi connectivity index (χ3v) is 2.86. The van der Waals surface area contributed by atoms with Gasteiger partial charge in [0, 0.05) is 12.1 Å². The number of rotatable bonds is 4. The lowest BCUT2D eigenvalue weighted by Crippen LogP contribution is -2.07. The van der Waals surface area contributed by atoms with Crippen molar-refractivity contribution in [2.75, 3.05) is 13.7 Å². The summed E-state index contributed by atoms with van der Waals surface area (Å²) in [4.78, 5) is 15.8. The Labute approximate surface area is 121 Å². The lowest BCUT2D eigenvalue weighted by Gasteiger charge is -2.07. The van der Waals surface area contributed by atoms with Gasteiger partial charge in [-0.05, 0) is 25.1 Å². The largest absolute Gasteiger partial charge is 0.496 e. The van der Waals surface area contributed by atoms with E-state index in [1.54, 1.807) is 39.3 Å². The summed E-state index contributed by atoms with van der Waals surface area (Å²) in [6.45, 7) is 1.99. The van der Waals surface area contributed by atoms with Crippen molar-refractivity contribution < 1.29 is 14.3 Å². The SMILES string of the molecule is CCOC(=O)c1nc(-c2cc(Cl)ccc2OC)n(C)n1. The number of ether oxygens (including phenoxy) is 2. The van der Waals surface area contributed by atoms with Gasteiger partial charge in [-0.1, -0.05) is 11.6 Å². The molecule has 0 aliphatic carbocycles. The molecule has 0 amide bonds. The van der Waals surface area contributed by atoms with Crippen LogP contribution >= 0.6 is 11.6 Å². The molecule has 0 atom stereocenters. The molecule has 0 saturated heterocycles. The van der Waals surface area contributed by atoms with E-state index in [1.807, 2.05) is 0 Å². The van der Waals surface area contributed by atoms with Gasteiger partial charge in [-0.25, -0.2) is 14.5 Å². The van der Waals surface area contributed by atoms with E-state index < -0.39 is 5.97 Å². The Hall–Kier alpha value is -2.08. The van der Waals surface area contributed by atoms with Crippen LogP contribution < -0.4 is 4.74 Å². The van der Waals surface area contributed by atoms with E-state index in [-0.39, 0.29) is 12.4 Å². The Kier molecular flexibility index (Phi) is 4.24. The molecular formula is C13H14ClN3O3. The van der Waals surface area contributed by atoms with Crippen molar-refractivity contribution >= 4 is 17.6 Å².